The molecule has 0 unspecified atom stereocenters. The Hall–Kier alpha value is -2.42. The van der Waals surface area contributed by atoms with E-state index in [-0.39, 0.29) is 11.3 Å². The topological polar surface area (TPSA) is 41.5 Å². The molecule has 0 bridgehead atoms. The number of nitrogens with one attached hydrogen (secondary N) is 1. The lowest BCUT2D eigenvalue weighted by molar-refractivity contribution is -0.120. The van der Waals surface area contributed by atoms with Crippen LogP contribution in [-0.4, -0.2) is 11.6 Å². The number of hydrogen-bond donors (Lipinski definition) is 1. The van der Waals surface area contributed by atoms with Crippen LogP contribution in [0.4, 0.5) is 0 Å². The van der Waals surface area contributed by atoms with Crippen molar-refractivity contribution in [3.8, 4) is 0 Å². The van der Waals surface area contributed by atoms with Gasteiger partial charge in [0.25, 0.3) is 0 Å². The van der Waals surface area contributed by atoms with Crippen molar-refractivity contribution in [1.29, 1.82) is 0 Å². The minimum atomic E-state index is -0.108. The molecular weight excluding hydrogens is 284 g/mol. The standard InChI is InChI=1S/C20H24N2O/c1-15(17-8-6-5-7-9-17)21-22-19(23)14-16-10-12-18(13-11-16)20(2,3)4/h5-13H,14H2,1-4H3,(H,22,23)/b21-15-. The quantitative estimate of drug-likeness (QED) is 0.671. The molecule has 3 heteroatoms. The fraction of sp³-hybridized carbons (Fsp3) is 0.300. The smallest absolute Gasteiger partial charge is 0.244 e. The van der Waals surface area contributed by atoms with E-state index < -0.39 is 0 Å². The number of hydrazone groups is 1. The molecule has 2 aromatic carbocycles. The minimum Gasteiger partial charge on any atom is -0.273 e. The zero-order chi connectivity index (χ0) is 16.9. The first-order chi connectivity index (χ1) is 10.9. The lowest BCUT2D eigenvalue weighted by Gasteiger charge is -2.19. The molecule has 0 heterocycles. The van der Waals surface area contributed by atoms with Crippen LogP contribution >= 0.6 is 0 Å². The zero-order valence-electron chi connectivity index (χ0n) is 14.3. The molecule has 2 aromatic rings. The molecule has 0 radical (unpaired) electrons. The third kappa shape index (κ3) is 5.06. The van der Waals surface area contributed by atoms with Gasteiger partial charge in [-0.15, -0.1) is 0 Å². The van der Waals surface area contributed by atoms with Gasteiger partial charge in [0.2, 0.25) is 5.91 Å². The van der Waals surface area contributed by atoms with E-state index in [1.807, 2.05) is 49.4 Å². The number of benzene rings is 2. The van der Waals surface area contributed by atoms with Gasteiger partial charge in [0.05, 0.1) is 12.1 Å². The average Bonchev–Trinajstić information content (AvgIpc) is 2.53. The van der Waals surface area contributed by atoms with Crippen molar-refractivity contribution in [2.75, 3.05) is 0 Å². The summed E-state index contributed by atoms with van der Waals surface area (Å²) < 4.78 is 0. The van der Waals surface area contributed by atoms with E-state index in [0.29, 0.717) is 6.42 Å². The molecule has 0 aliphatic carbocycles. The van der Waals surface area contributed by atoms with E-state index in [0.717, 1.165) is 16.8 Å². The summed E-state index contributed by atoms with van der Waals surface area (Å²) in [6.07, 6.45) is 0.329. The molecule has 2 rings (SSSR count). The highest BCUT2D eigenvalue weighted by molar-refractivity contribution is 5.99. The van der Waals surface area contributed by atoms with Crippen LogP contribution in [0.3, 0.4) is 0 Å². The molecule has 0 aromatic heterocycles. The molecule has 1 N–H and O–H groups in total. The van der Waals surface area contributed by atoms with Crippen molar-refractivity contribution in [1.82, 2.24) is 5.43 Å². The molecule has 120 valence electrons. The highest BCUT2D eigenvalue weighted by Gasteiger charge is 2.13. The van der Waals surface area contributed by atoms with E-state index in [4.69, 9.17) is 0 Å². The lowest BCUT2D eigenvalue weighted by atomic mass is 9.86. The van der Waals surface area contributed by atoms with Gasteiger partial charge in [0.1, 0.15) is 0 Å². The van der Waals surface area contributed by atoms with Crippen LogP contribution in [0.5, 0.6) is 0 Å². The Morgan fingerprint density at radius 3 is 2.17 bits per heavy atom. The summed E-state index contributed by atoms with van der Waals surface area (Å²) in [4.78, 5) is 12.0. The highest BCUT2D eigenvalue weighted by atomic mass is 16.2. The van der Waals surface area contributed by atoms with Crippen LogP contribution in [0.25, 0.3) is 0 Å². The van der Waals surface area contributed by atoms with Crippen molar-refractivity contribution in [3.63, 3.8) is 0 Å². The Balaban J connectivity index is 1.95. The summed E-state index contributed by atoms with van der Waals surface area (Å²) in [6.45, 7) is 8.41. The van der Waals surface area contributed by atoms with Crippen LogP contribution in [0.1, 0.15) is 44.4 Å². The number of amides is 1. The second-order valence-corrected chi connectivity index (χ2v) is 6.72. The monoisotopic (exact) mass is 308 g/mol. The number of rotatable bonds is 4. The minimum absolute atomic E-state index is 0.108. The van der Waals surface area contributed by atoms with E-state index in [1.54, 1.807) is 0 Å². The Morgan fingerprint density at radius 1 is 1.00 bits per heavy atom. The van der Waals surface area contributed by atoms with Crippen LogP contribution in [0.2, 0.25) is 0 Å². The van der Waals surface area contributed by atoms with Crippen molar-refractivity contribution in [2.45, 2.75) is 39.5 Å². The lowest BCUT2D eigenvalue weighted by Crippen LogP contribution is -2.21. The molecular formula is C20H24N2O. The predicted molar refractivity (Wildman–Crippen MR) is 95.6 cm³/mol. The first kappa shape index (κ1) is 16.9. The summed E-state index contributed by atoms with van der Waals surface area (Å²) >= 11 is 0. The van der Waals surface area contributed by atoms with Crippen molar-refractivity contribution >= 4 is 11.6 Å². The fourth-order valence-corrected chi connectivity index (χ4v) is 2.24. The van der Waals surface area contributed by atoms with Gasteiger partial charge in [-0.1, -0.05) is 75.4 Å². The van der Waals surface area contributed by atoms with E-state index in [9.17, 15) is 4.79 Å². The van der Waals surface area contributed by atoms with Gasteiger partial charge < -0.3 is 0 Å². The van der Waals surface area contributed by atoms with Gasteiger partial charge in [-0.05, 0) is 29.0 Å². The van der Waals surface area contributed by atoms with Gasteiger partial charge in [-0.25, -0.2) is 5.43 Å². The van der Waals surface area contributed by atoms with Crippen LogP contribution in [-0.2, 0) is 16.6 Å². The number of carbonyl (C=O) groups is 1. The second-order valence-electron chi connectivity index (χ2n) is 6.72. The first-order valence-corrected chi connectivity index (χ1v) is 7.84. The SMILES string of the molecule is C/C(=N/NC(=O)Cc1ccc(C(C)(C)C)cc1)c1ccccc1. The van der Waals surface area contributed by atoms with Gasteiger partial charge in [-0.3, -0.25) is 4.79 Å². The van der Waals surface area contributed by atoms with Crippen LogP contribution in [0, 0.1) is 0 Å². The van der Waals surface area contributed by atoms with Crippen molar-refractivity contribution in [2.24, 2.45) is 5.10 Å². The third-order valence-electron chi connectivity index (χ3n) is 3.72. The molecule has 0 atom stereocenters. The second kappa shape index (κ2) is 7.23. The van der Waals surface area contributed by atoms with Crippen LogP contribution in [0.15, 0.2) is 59.7 Å². The normalized spacial score (nSPS) is 12.1. The summed E-state index contributed by atoms with van der Waals surface area (Å²) in [5, 5.41) is 4.16. The van der Waals surface area contributed by atoms with Crippen molar-refractivity contribution < 1.29 is 4.79 Å². The zero-order valence-corrected chi connectivity index (χ0v) is 14.3. The van der Waals surface area contributed by atoms with E-state index in [2.05, 4.69) is 43.4 Å². The summed E-state index contributed by atoms with van der Waals surface area (Å²) in [5.41, 5.74) is 6.79. The third-order valence-corrected chi connectivity index (χ3v) is 3.72. The van der Waals surface area contributed by atoms with Gasteiger partial charge in [0, 0.05) is 0 Å². The predicted octanol–water partition coefficient (Wildman–Crippen LogP) is 4.07. The molecule has 0 fully saturated rings. The fourth-order valence-electron chi connectivity index (χ4n) is 2.24. The molecule has 0 spiro atoms. The number of hydrogen-bond acceptors (Lipinski definition) is 2. The largest absolute Gasteiger partial charge is 0.273 e. The molecule has 0 saturated heterocycles. The average molecular weight is 308 g/mol. The summed E-state index contributed by atoms with van der Waals surface area (Å²) in [7, 11) is 0. The van der Waals surface area contributed by atoms with Gasteiger partial charge >= 0.3 is 0 Å². The van der Waals surface area contributed by atoms with Crippen LogP contribution < -0.4 is 5.43 Å². The number of carbonyl (C=O) groups excluding carboxylic acids is 1. The first-order valence-electron chi connectivity index (χ1n) is 7.84. The maximum absolute atomic E-state index is 12.0. The maximum Gasteiger partial charge on any atom is 0.244 e. The Morgan fingerprint density at radius 2 is 1.61 bits per heavy atom. The van der Waals surface area contributed by atoms with E-state index in [1.165, 1.54) is 5.56 Å². The Kier molecular flexibility index (Phi) is 5.32. The molecule has 0 saturated carbocycles. The Labute approximate surface area is 138 Å². The van der Waals surface area contributed by atoms with Gasteiger partial charge in [0.15, 0.2) is 0 Å². The molecule has 0 aliphatic heterocycles. The molecule has 1 amide bonds. The summed E-state index contributed by atoms with van der Waals surface area (Å²) in [5.74, 6) is -0.108. The van der Waals surface area contributed by atoms with Crippen molar-refractivity contribution in [3.05, 3.63) is 71.3 Å². The number of nitrogens with zero attached hydrogens (tertiary/aromatic N) is 1. The molecule has 0 aliphatic rings. The summed E-state index contributed by atoms with van der Waals surface area (Å²) in [6, 6.07) is 18.0. The molecule has 3 nitrogen and oxygen atoms in total. The van der Waals surface area contributed by atoms with Gasteiger partial charge in [-0.2, -0.15) is 5.10 Å². The highest BCUT2D eigenvalue weighted by Crippen LogP contribution is 2.22. The Bertz CT molecular complexity index is 680. The maximum atomic E-state index is 12.0. The van der Waals surface area contributed by atoms with E-state index >= 15 is 0 Å². The molecule has 23 heavy (non-hydrogen) atoms.